The van der Waals surface area contributed by atoms with Crippen molar-refractivity contribution in [2.24, 2.45) is 0 Å². The third kappa shape index (κ3) is 2.61. The number of rotatable bonds is 4. The van der Waals surface area contributed by atoms with Crippen molar-refractivity contribution >= 4 is 27.5 Å². The van der Waals surface area contributed by atoms with Gasteiger partial charge in [0.05, 0.1) is 7.11 Å². The van der Waals surface area contributed by atoms with E-state index in [-0.39, 0.29) is 6.04 Å². The Kier molecular flexibility index (Phi) is 5.29. The second-order valence-electron chi connectivity index (χ2n) is 4.13. The van der Waals surface area contributed by atoms with Gasteiger partial charge in [0, 0.05) is 22.0 Å². The average Bonchev–Trinajstić information content (AvgIpc) is 2.34. The highest BCUT2D eigenvalue weighted by Crippen LogP contribution is 2.39. The molecule has 0 radical (unpaired) electrons. The van der Waals surface area contributed by atoms with E-state index < -0.39 is 0 Å². The minimum Gasteiger partial charge on any atom is -0.496 e. The second kappa shape index (κ2) is 6.07. The first-order valence-corrected chi connectivity index (χ1v) is 6.88. The van der Waals surface area contributed by atoms with Crippen molar-refractivity contribution in [3.63, 3.8) is 0 Å². The lowest BCUT2D eigenvalue weighted by Gasteiger charge is -2.23. The minimum atomic E-state index is 0.0993. The maximum Gasteiger partial charge on any atom is 0.127 e. The molecule has 1 unspecified atom stereocenters. The first kappa shape index (κ1) is 14.8. The molecule has 0 aliphatic heterocycles. The molecule has 17 heavy (non-hydrogen) atoms. The number of hydrogen-bond donors (Lipinski definition) is 1. The van der Waals surface area contributed by atoms with Gasteiger partial charge in [0.25, 0.3) is 0 Å². The Morgan fingerprint density at radius 3 is 2.24 bits per heavy atom. The lowest BCUT2D eigenvalue weighted by Crippen LogP contribution is -2.20. The molecule has 0 heterocycles. The van der Waals surface area contributed by atoms with Gasteiger partial charge >= 0.3 is 0 Å². The summed E-state index contributed by atoms with van der Waals surface area (Å²) < 4.78 is 6.69. The van der Waals surface area contributed by atoms with Crippen LogP contribution in [0.1, 0.15) is 28.3 Å². The van der Waals surface area contributed by atoms with Gasteiger partial charge in [-0.05, 0) is 44.5 Å². The Morgan fingerprint density at radius 1 is 1.24 bits per heavy atom. The number of benzene rings is 1. The van der Waals surface area contributed by atoms with E-state index in [1.807, 2.05) is 7.05 Å². The molecule has 0 aromatic heterocycles. The van der Waals surface area contributed by atoms with Gasteiger partial charge < -0.3 is 10.1 Å². The van der Waals surface area contributed by atoms with Crippen LogP contribution in [0.5, 0.6) is 5.75 Å². The Morgan fingerprint density at radius 2 is 1.82 bits per heavy atom. The van der Waals surface area contributed by atoms with Gasteiger partial charge in [-0.25, -0.2) is 0 Å². The van der Waals surface area contributed by atoms with Crippen LogP contribution >= 0.6 is 27.5 Å². The van der Waals surface area contributed by atoms with Crippen LogP contribution in [0.25, 0.3) is 0 Å². The predicted molar refractivity (Wildman–Crippen MR) is 77.4 cm³/mol. The molecule has 2 nitrogen and oxygen atoms in total. The van der Waals surface area contributed by atoms with Crippen molar-refractivity contribution in [3.05, 3.63) is 26.7 Å². The summed E-state index contributed by atoms with van der Waals surface area (Å²) in [5.41, 5.74) is 4.70. The van der Waals surface area contributed by atoms with Crippen molar-refractivity contribution in [1.29, 1.82) is 0 Å². The van der Waals surface area contributed by atoms with Gasteiger partial charge in [-0.1, -0.05) is 15.9 Å². The fraction of sp³-hybridized carbons (Fsp3) is 0.538. The van der Waals surface area contributed by atoms with Gasteiger partial charge in [0.2, 0.25) is 0 Å². The van der Waals surface area contributed by atoms with Crippen LogP contribution in [0.4, 0.5) is 0 Å². The van der Waals surface area contributed by atoms with Gasteiger partial charge in [0.15, 0.2) is 0 Å². The molecular formula is C13H19BrClNO. The number of halogens is 2. The molecule has 0 saturated carbocycles. The van der Waals surface area contributed by atoms with Crippen molar-refractivity contribution in [2.45, 2.75) is 26.8 Å². The molecule has 0 spiro atoms. The zero-order valence-electron chi connectivity index (χ0n) is 10.9. The van der Waals surface area contributed by atoms with Crippen molar-refractivity contribution in [3.8, 4) is 5.75 Å². The fourth-order valence-electron chi connectivity index (χ4n) is 2.09. The van der Waals surface area contributed by atoms with E-state index in [2.05, 4.69) is 42.0 Å². The van der Waals surface area contributed by atoms with Crippen LogP contribution in [0.15, 0.2) is 4.47 Å². The zero-order valence-corrected chi connectivity index (χ0v) is 13.3. The van der Waals surface area contributed by atoms with E-state index in [1.165, 1.54) is 11.1 Å². The van der Waals surface area contributed by atoms with Crippen molar-refractivity contribution in [1.82, 2.24) is 5.32 Å². The molecule has 0 bridgehead atoms. The molecule has 4 heteroatoms. The van der Waals surface area contributed by atoms with Gasteiger partial charge in [-0.2, -0.15) is 0 Å². The summed E-state index contributed by atoms with van der Waals surface area (Å²) in [6.45, 7) is 6.25. The molecule has 0 fully saturated rings. The van der Waals surface area contributed by atoms with Crippen LogP contribution in [-0.2, 0) is 0 Å². The maximum absolute atomic E-state index is 6.01. The van der Waals surface area contributed by atoms with Crippen LogP contribution < -0.4 is 10.1 Å². The number of methoxy groups -OCH3 is 1. The quantitative estimate of drug-likeness (QED) is 0.850. The molecular weight excluding hydrogens is 302 g/mol. The molecule has 1 aromatic carbocycles. The summed E-state index contributed by atoms with van der Waals surface area (Å²) >= 11 is 9.66. The smallest absolute Gasteiger partial charge is 0.127 e. The van der Waals surface area contributed by atoms with E-state index in [4.69, 9.17) is 16.3 Å². The standard InChI is InChI=1S/C13H19BrClNO/c1-7-8(2)13(17-5)11(9(3)12(7)14)10(6-15)16-4/h10,16H,6H2,1-5H3. The largest absolute Gasteiger partial charge is 0.496 e. The fourth-order valence-corrected chi connectivity index (χ4v) is 2.91. The highest BCUT2D eigenvalue weighted by atomic mass is 79.9. The third-order valence-corrected chi connectivity index (χ3v) is 4.76. The lowest BCUT2D eigenvalue weighted by molar-refractivity contribution is 0.399. The van der Waals surface area contributed by atoms with Crippen LogP contribution in [0.2, 0.25) is 0 Å². The average molecular weight is 321 g/mol. The van der Waals surface area contributed by atoms with E-state index in [1.54, 1.807) is 7.11 Å². The molecule has 1 rings (SSSR count). The third-order valence-electron chi connectivity index (χ3n) is 3.27. The minimum absolute atomic E-state index is 0.0993. The predicted octanol–water partition coefficient (Wildman–Crippen LogP) is 3.88. The van der Waals surface area contributed by atoms with Crippen LogP contribution in [0.3, 0.4) is 0 Å². The molecule has 1 atom stereocenters. The molecule has 0 aliphatic rings. The SMILES string of the molecule is CNC(CCl)c1c(C)c(Br)c(C)c(C)c1OC. The van der Waals surface area contributed by atoms with Crippen molar-refractivity contribution in [2.75, 3.05) is 20.0 Å². The molecule has 0 aliphatic carbocycles. The Hall–Kier alpha value is -0.250. The van der Waals surface area contributed by atoms with Crippen LogP contribution in [0, 0.1) is 20.8 Å². The summed E-state index contributed by atoms with van der Waals surface area (Å²) in [4.78, 5) is 0. The van der Waals surface area contributed by atoms with Crippen LogP contribution in [-0.4, -0.2) is 20.0 Å². The van der Waals surface area contributed by atoms with E-state index in [0.717, 1.165) is 21.3 Å². The summed E-state index contributed by atoms with van der Waals surface area (Å²) in [5.74, 6) is 1.45. The summed E-state index contributed by atoms with van der Waals surface area (Å²) in [7, 11) is 3.62. The second-order valence-corrected chi connectivity index (χ2v) is 5.23. The highest BCUT2D eigenvalue weighted by Gasteiger charge is 2.22. The number of hydrogen-bond acceptors (Lipinski definition) is 2. The molecule has 96 valence electrons. The number of nitrogens with one attached hydrogen (secondary N) is 1. The lowest BCUT2D eigenvalue weighted by atomic mass is 9.94. The molecule has 0 amide bonds. The first-order chi connectivity index (χ1) is 7.99. The van der Waals surface area contributed by atoms with E-state index in [0.29, 0.717) is 5.88 Å². The molecule has 0 saturated heterocycles. The highest BCUT2D eigenvalue weighted by molar-refractivity contribution is 9.10. The van der Waals surface area contributed by atoms with Gasteiger partial charge in [-0.15, -0.1) is 11.6 Å². The number of ether oxygens (including phenoxy) is 1. The zero-order chi connectivity index (χ0) is 13.2. The Balaban J connectivity index is 3.56. The van der Waals surface area contributed by atoms with E-state index >= 15 is 0 Å². The summed E-state index contributed by atoms with van der Waals surface area (Å²) in [6.07, 6.45) is 0. The number of alkyl halides is 1. The Labute approximate surface area is 117 Å². The van der Waals surface area contributed by atoms with Crippen molar-refractivity contribution < 1.29 is 4.74 Å². The maximum atomic E-state index is 6.01. The monoisotopic (exact) mass is 319 g/mol. The topological polar surface area (TPSA) is 21.3 Å². The normalized spacial score (nSPS) is 12.6. The Bertz CT molecular complexity index is 417. The molecule has 1 N–H and O–H groups in total. The summed E-state index contributed by atoms with van der Waals surface area (Å²) in [5, 5.41) is 3.22. The van der Waals surface area contributed by atoms with E-state index in [9.17, 15) is 0 Å². The summed E-state index contributed by atoms with van der Waals surface area (Å²) in [6, 6.07) is 0.0993. The first-order valence-electron chi connectivity index (χ1n) is 5.55. The van der Waals surface area contributed by atoms with Gasteiger partial charge in [-0.3, -0.25) is 0 Å². The van der Waals surface area contributed by atoms with Gasteiger partial charge in [0.1, 0.15) is 5.75 Å². The molecule has 1 aromatic rings.